The smallest absolute Gasteiger partial charge is 0.266 e. The fourth-order valence-electron chi connectivity index (χ4n) is 5.74. The second-order valence-corrected chi connectivity index (χ2v) is 12.6. The lowest BCUT2D eigenvalue weighted by Gasteiger charge is -2.35. The summed E-state index contributed by atoms with van der Waals surface area (Å²) in [5.74, 6) is -0.368. The highest BCUT2D eigenvalue weighted by molar-refractivity contribution is 7.89. The third kappa shape index (κ3) is 7.32. The predicted octanol–water partition coefficient (Wildman–Crippen LogP) is 6.33. The van der Waals surface area contributed by atoms with E-state index in [1.165, 1.54) is 15.4 Å². The van der Waals surface area contributed by atoms with Crippen LogP contribution in [-0.4, -0.2) is 30.7 Å². The Kier molecular flexibility index (Phi) is 9.65. The van der Waals surface area contributed by atoms with Gasteiger partial charge >= 0.3 is 0 Å². The molecule has 1 heterocycles. The number of rotatable bonds is 12. The van der Waals surface area contributed by atoms with Crippen molar-refractivity contribution in [2.75, 3.05) is 0 Å². The van der Waals surface area contributed by atoms with Crippen LogP contribution in [0.1, 0.15) is 47.9 Å². The SMILES string of the molecule is O=C([C@@H]1Cc2ccccc2CN1)N(C(CCCc1ccccc1)CCCc1ccccc1)S(=O)(=O)c1ccccc1. The van der Waals surface area contributed by atoms with Crippen LogP contribution in [0.15, 0.2) is 120 Å². The van der Waals surface area contributed by atoms with Gasteiger partial charge in [0.05, 0.1) is 10.9 Å². The van der Waals surface area contributed by atoms with Crippen molar-refractivity contribution in [1.82, 2.24) is 9.62 Å². The number of carbonyl (C=O) groups is 1. The van der Waals surface area contributed by atoms with Crippen LogP contribution in [0, 0.1) is 0 Å². The van der Waals surface area contributed by atoms with Gasteiger partial charge in [0.2, 0.25) is 0 Å². The minimum atomic E-state index is -4.07. The highest BCUT2D eigenvalue weighted by Crippen LogP contribution is 2.28. The minimum absolute atomic E-state index is 0.153. The van der Waals surface area contributed by atoms with E-state index in [-0.39, 0.29) is 10.8 Å². The number of benzene rings is 4. The van der Waals surface area contributed by atoms with E-state index in [1.54, 1.807) is 30.3 Å². The van der Waals surface area contributed by atoms with Crippen LogP contribution in [0.25, 0.3) is 0 Å². The van der Waals surface area contributed by atoms with Crippen molar-refractivity contribution < 1.29 is 13.2 Å². The fourth-order valence-corrected chi connectivity index (χ4v) is 7.43. The number of sulfonamides is 1. The first-order valence-corrected chi connectivity index (χ1v) is 16.0. The molecule has 1 amide bonds. The maximum Gasteiger partial charge on any atom is 0.266 e. The van der Waals surface area contributed by atoms with Gasteiger partial charge < -0.3 is 5.32 Å². The Bertz CT molecular complexity index is 1460. The Hall–Kier alpha value is -3.74. The Balaban J connectivity index is 1.44. The summed E-state index contributed by atoms with van der Waals surface area (Å²) in [4.78, 5) is 14.5. The van der Waals surface area contributed by atoms with Gasteiger partial charge in [-0.3, -0.25) is 4.79 Å². The van der Waals surface area contributed by atoms with Crippen molar-refractivity contribution >= 4 is 15.9 Å². The fraction of sp³-hybridized carbons (Fsp3) is 0.286. The quantitative estimate of drug-likeness (QED) is 0.218. The number of nitrogens with zero attached hydrogens (tertiary/aromatic N) is 1. The van der Waals surface area contributed by atoms with E-state index in [0.717, 1.165) is 36.8 Å². The molecule has 1 aliphatic rings. The van der Waals surface area contributed by atoms with Crippen molar-refractivity contribution in [3.63, 3.8) is 0 Å². The molecule has 4 aromatic carbocycles. The van der Waals surface area contributed by atoms with E-state index in [0.29, 0.717) is 25.8 Å². The highest BCUT2D eigenvalue weighted by Gasteiger charge is 2.39. The van der Waals surface area contributed by atoms with E-state index in [2.05, 4.69) is 35.6 Å². The Morgan fingerprint density at radius 2 is 1.20 bits per heavy atom. The lowest BCUT2D eigenvalue weighted by molar-refractivity contribution is -0.130. The summed E-state index contributed by atoms with van der Waals surface area (Å²) >= 11 is 0. The van der Waals surface area contributed by atoms with E-state index in [9.17, 15) is 13.2 Å². The van der Waals surface area contributed by atoms with Gasteiger partial charge in [0.1, 0.15) is 0 Å². The number of aryl methyl sites for hydroxylation is 2. The molecule has 0 aliphatic carbocycles. The molecule has 1 atom stereocenters. The molecule has 1 N–H and O–H groups in total. The number of carbonyl (C=O) groups excluding carboxylic acids is 1. The lowest BCUT2D eigenvalue weighted by atomic mass is 9.94. The molecule has 0 saturated carbocycles. The largest absolute Gasteiger partial charge is 0.301 e. The summed E-state index contributed by atoms with van der Waals surface area (Å²) in [6, 6.07) is 35.9. The molecule has 1 aliphatic heterocycles. The Labute approximate surface area is 244 Å². The van der Waals surface area contributed by atoms with Crippen LogP contribution < -0.4 is 5.32 Å². The van der Waals surface area contributed by atoms with Crippen LogP contribution in [0.2, 0.25) is 0 Å². The molecule has 0 fully saturated rings. The van der Waals surface area contributed by atoms with Crippen LogP contribution in [0.5, 0.6) is 0 Å². The predicted molar refractivity (Wildman–Crippen MR) is 164 cm³/mol. The van der Waals surface area contributed by atoms with Crippen molar-refractivity contribution in [2.24, 2.45) is 0 Å². The third-order valence-corrected chi connectivity index (χ3v) is 9.78. The van der Waals surface area contributed by atoms with Crippen molar-refractivity contribution in [3.05, 3.63) is 138 Å². The number of hydrogen-bond donors (Lipinski definition) is 1. The van der Waals surface area contributed by atoms with Crippen LogP contribution in [0.3, 0.4) is 0 Å². The summed E-state index contributed by atoms with van der Waals surface area (Å²) in [6.07, 6.45) is 4.91. The summed E-state index contributed by atoms with van der Waals surface area (Å²) in [5, 5.41) is 3.34. The van der Waals surface area contributed by atoms with Crippen LogP contribution in [-0.2, 0) is 40.6 Å². The van der Waals surface area contributed by atoms with Gasteiger partial charge in [0.15, 0.2) is 0 Å². The zero-order valence-corrected chi connectivity index (χ0v) is 24.2. The van der Waals surface area contributed by atoms with E-state index < -0.39 is 22.1 Å². The van der Waals surface area contributed by atoms with Crippen molar-refractivity contribution in [2.45, 2.75) is 68.5 Å². The average molecular weight is 567 g/mol. The van der Waals surface area contributed by atoms with Gasteiger partial charge in [-0.2, -0.15) is 0 Å². The third-order valence-electron chi connectivity index (χ3n) is 7.92. The lowest BCUT2D eigenvalue weighted by Crippen LogP contribution is -2.54. The second kappa shape index (κ2) is 13.7. The van der Waals surface area contributed by atoms with E-state index in [4.69, 9.17) is 0 Å². The van der Waals surface area contributed by atoms with Crippen LogP contribution in [0.4, 0.5) is 0 Å². The zero-order chi connectivity index (χ0) is 28.5. The molecule has 0 unspecified atom stereocenters. The maximum atomic E-state index is 14.3. The molecule has 212 valence electrons. The average Bonchev–Trinajstić information content (AvgIpc) is 3.02. The van der Waals surface area contributed by atoms with Crippen molar-refractivity contribution in [3.8, 4) is 0 Å². The molecule has 5 rings (SSSR count). The topological polar surface area (TPSA) is 66.5 Å². The molecule has 0 radical (unpaired) electrons. The maximum absolute atomic E-state index is 14.3. The standard InChI is InChI=1S/C35H38N2O3S/c38-35(34-26-30-20-10-11-21-31(30)27-36-34)37(41(39,40)33-24-8-3-9-25-33)32(22-12-18-28-14-4-1-5-15-28)23-13-19-29-16-6-2-7-17-29/h1-11,14-17,20-21,24-25,32,34,36H,12-13,18-19,22-23,26-27H2/t34-/m0/s1. The molecule has 5 nitrogen and oxygen atoms in total. The second-order valence-electron chi connectivity index (χ2n) is 10.8. The van der Waals surface area contributed by atoms with E-state index >= 15 is 0 Å². The van der Waals surface area contributed by atoms with Gasteiger partial charge in [0.25, 0.3) is 15.9 Å². The molecular formula is C35H38N2O3S. The molecule has 6 heteroatoms. The molecule has 0 saturated heterocycles. The van der Waals surface area contributed by atoms with Gasteiger partial charge in [-0.1, -0.05) is 103 Å². The molecule has 0 bridgehead atoms. The first-order chi connectivity index (χ1) is 20.0. The summed E-state index contributed by atoms with van der Waals surface area (Å²) < 4.78 is 29.7. The number of amides is 1. The molecule has 41 heavy (non-hydrogen) atoms. The summed E-state index contributed by atoms with van der Waals surface area (Å²) in [7, 11) is -4.07. The normalized spacial score (nSPS) is 14.9. The van der Waals surface area contributed by atoms with Gasteiger partial charge in [-0.05, 0) is 79.3 Å². The zero-order valence-electron chi connectivity index (χ0n) is 23.4. The monoisotopic (exact) mass is 566 g/mol. The van der Waals surface area contributed by atoms with E-state index in [1.807, 2.05) is 54.6 Å². The summed E-state index contributed by atoms with van der Waals surface area (Å²) in [5.41, 5.74) is 4.66. The highest BCUT2D eigenvalue weighted by atomic mass is 32.2. The first-order valence-electron chi connectivity index (χ1n) is 14.5. The van der Waals surface area contributed by atoms with Gasteiger partial charge in [-0.15, -0.1) is 0 Å². The molecule has 0 spiro atoms. The first kappa shape index (κ1) is 28.8. The molecule has 0 aromatic heterocycles. The molecule has 4 aromatic rings. The molecular weight excluding hydrogens is 528 g/mol. The van der Waals surface area contributed by atoms with Crippen molar-refractivity contribution in [1.29, 1.82) is 0 Å². The van der Waals surface area contributed by atoms with Crippen LogP contribution >= 0.6 is 0 Å². The number of fused-ring (bicyclic) bond motifs is 1. The van der Waals surface area contributed by atoms with Gasteiger partial charge in [-0.25, -0.2) is 12.7 Å². The Morgan fingerprint density at radius 1 is 0.707 bits per heavy atom. The van der Waals surface area contributed by atoms with Gasteiger partial charge in [0, 0.05) is 12.6 Å². The summed E-state index contributed by atoms with van der Waals surface area (Å²) in [6.45, 7) is 0.540. The number of hydrogen-bond acceptors (Lipinski definition) is 4. The number of nitrogens with one attached hydrogen (secondary N) is 1. The Morgan fingerprint density at radius 3 is 1.76 bits per heavy atom. The minimum Gasteiger partial charge on any atom is -0.301 e.